The van der Waals surface area contributed by atoms with Gasteiger partial charge in [-0.25, -0.2) is 4.79 Å². The smallest absolute Gasteiger partial charge is 0.339 e. The summed E-state index contributed by atoms with van der Waals surface area (Å²) in [7, 11) is 0. The molecule has 2 N–H and O–H groups in total. The molecule has 0 saturated carbocycles. The van der Waals surface area contributed by atoms with Crippen molar-refractivity contribution in [3.05, 3.63) is 33.8 Å². The molecule has 86 valence electrons. The van der Waals surface area contributed by atoms with Gasteiger partial charge in [0.2, 0.25) is 0 Å². The molecule has 4 nitrogen and oxygen atoms in total. The molecule has 0 aromatic heterocycles. The van der Waals surface area contributed by atoms with Crippen LogP contribution in [-0.2, 0) is 9.53 Å². The number of nitrogens with two attached hydrogens (primary N) is 1. The first kappa shape index (κ1) is 12.8. The summed E-state index contributed by atoms with van der Waals surface area (Å²) in [5.41, 5.74) is 5.13. The Morgan fingerprint density at radius 2 is 1.75 bits per heavy atom. The number of rotatable bonds is 3. The molecule has 16 heavy (non-hydrogen) atoms. The molecule has 1 amide bonds. The zero-order chi connectivity index (χ0) is 12.3. The van der Waals surface area contributed by atoms with Crippen molar-refractivity contribution in [1.29, 1.82) is 0 Å². The van der Waals surface area contributed by atoms with Crippen LogP contribution in [0.3, 0.4) is 0 Å². The summed E-state index contributed by atoms with van der Waals surface area (Å²) in [5.74, 6) is -1.42. The predicted octanol–water partition coefficient (Wildman–Crippen LogP) is 2.02. The fourth-order valence-corrected chi connectivity index (χ4v) is 1.48. The minimum atomic E-state index is -0.995. The van der Waals surface area contributed by atoms with Crippen molar-refractivity contribution in [3.8, 4) is 0 Å². The summed E-state index contributed by atoms with van der Waals surface area (Å²) < 4.78 is 4.78. The van der Waals surface area contributed by atoms with Gasteiger partial charge >= 0.3 is 5.97 Å². The quantitative estimate of drug-likeness (QED) is 0.847. The van der Waals surface area contributed by atoms with E-state index in [1.807, 2.05) is 0 Å². The van der Waals surface area contributed by atoms with Gasteiger partial charge in [0.1, 0.15) is 0 Å². The first-order valence-corrected chi connectivity index (χ1v) is 5.12. The summed E-state index contributed by atoms with van der Waals surface area (Å²) in [6.07, 6.45) is -0.995. The van der Waals surface area contributed by atoms with E-state index in [1.54, 1.807) is 0 Å². The maximum absolute atomic E-state index is 11.5. The van der Waals surface area contributed by atoms with Crippen LogP contribution in [0.2, 0.25) is 10.0 Å². The average molecular weight is 262 g/mol. The van der Waals surface area contributed by atoms with E-state index in [0.29, 0.717) is 10.0 Å². The first-order valence-electron chi connectivity index (χ1n) is 4.36. The number of halogens is 2. The number of primary amides is 1. The lowest BCUT2D eigenvalue weighted by Crippen LogP contribution is -2.30. The van der Waals surface area contributed by atoms with Gasteiger partial charge in [0.05, 0.1) is 5.56 Å². The summed E-state index contributed by atoms with van der Waals surface area (Å²) in [6, 6.07) is 4.27. The van der Waals surface area contributed by atoms with Crippen LogP contribution in [0.25, 0.3) is 0 Å². The van der Waals surface area contributed by atoms with E-state index in [4.69, 9.17) is 33.7 Å². The summed E-state index contributed by atoms with van der Waals surface area (Å²) in [5, 5.41) is 0.623. The van der Waals surface area contributed by atoms with Gasteiger partial charge < -0.3 is 10.5 Å². The standard InChI is InChI=1S/C10H9Cl2NO3/c1-5(9(13)14)16-10(15)6-2-7(11)4-8(12)3-6/h2-5H,1H3,(H2,13,14)/t5-/m0/s1. The number of hydrogen-bond acceptors (Lipinski definition) is 3. The lowest BCUT2D eigenvalue weighted by Gasteiger charge is -2.09. The normalized spacial score (nSPS) is 11.9. The Morgan fingerprint density at radius 3 is 2.19 bits per heavy atom. The summed E-state index contributed by atoms with van der Waals surface area (Å²) in [6.45, 7) is 1.38. The highest BCUT2D eigenvalue weighted by atomic mass is 35.5. The van der Waals surface area contributed by atoms with Crippen LogP contribution < -0.4 is 5.73 Å². The average Bonchev–Trinajstić information content (AvgIpc) is 2.15. The SMILES string of the molecule is C[C@H](OC(=O)c1cc(Cl)cc(Cl)c1)C(N)=O. The van der Waals surface area contributed by atoms with Gasteiger partial charge in [-0.05, 0) is 25.1 Å². The van der Waals surface area contributed by atoms with Crippen molar-refractivity contribution >= 4 is 35.1 Å². The number of esters is 1. The molecule has 0 radical (unpaired) electrons. The predicted molar refractivity (Wildman–Crippen MR) is 60.5 cm³/mol. The summed E-state index contributed by atoms with van der Waals surface area (Å²) >= 11 is 11.4. The van der Waals surface area contributed by atoms with Crippen LogP contribution in [0.5, 0.6) is 0 Å². The molecule has 1 atom stereocenters. The van der Waals surface area contributed by atoms with Crippen LogP contribution in [0, 0.1) is 0 Å². The van der Waals surface area contributed by atoms with E-state index in [1.165, 1.54) is 25.1 Å². The molecule has 0 bridgehead atoms. The van der Waals surface area contributed by atoms with Crippen LogP contribution in [0.1, 0.15) is 17.3 Å². The van der Waals surface area contributed by atoms with Crippen molar-refractivity contribution in [2.75, 3.05) is 0 Å². The van der Waals surface area contributed by atoms with Crippen LogP contribution in [-0.4, -0.2) is 18.0 Å². The fraction of sp³-hybridized carbons (Fsp3) is 0.200. The van der Waals surface area contributed by atoms with Crippen molar-refractivity contribution in [2.24, 2.45) is 5.73 Å². The van der Waals surface area contributed by atoms with Gasteiger partial charge in [-0.15, -0.1) is 0 Å². The van der Waals surface area contributed by atoms with Gasteiger partial charge in [0, 0.05) is 10.0 Å². The van der Waals surface area contributed by atoms with E-state index >= 15 is 0 Å². The third-order valence-corrected chi connectivity index (χ3v) is 2.22. The highest BCUT2D eigenvalue weighted by Crippen LogP contribution is 2.19. The molecular weight excluding hydrogens is 253 g/mol. The monoisotopic (exact) mass is 261 g/mol. The molecule has 0 saturated heterocycles. The lowest BCUT2D eigenvalue weighted by molar-refractivity contribution is -0.125. The molecule has 0 aliphatic carbocycles. The second kappa shape index (κ2) is 5.18. The van der Waals surface area contributed by atoms with E-state index in [0.717, 1.165) is 0 Å². The van der Waals surface area contributed by atoms with Crippen molar-refractivity contribution in [2.45, 2.75) is 13.0 Å². The van der Waals surface area contributed by atoms with Crippen LogP contribution in [0.15, 0.2) is 18.2 Å². The molecule has 0 aliphatic rings. The maximum atomic E-state index is 11.5. The molecular formula is C10H9Cl2NO3. The highest BCUT2D eigenvalue weighted by molar-refractivity contribution is 6.35. The zero-order valence-electron chi connectivity index (χ0n) is 8.37. The topological polar surface area (TPSA) is 69.4 Å². The largest absolute Gasteiger partial charge is 0.449 e. The van der Waals surface area contributed by atoms with Gasteiger partial charge in [0.25, 0.3) is 5.91 Å². The van der Waals surface area contributed by atoms with Crippen molar-refractivity contribution in [1.82, 2.24) is 0 Å². The maximum Gasteiger partial charge on any atom is 0.339 e. The van der Waals surface area contributed by atoms with Crippen molar-refractivity contribution < 1.29 is 14.3 Å². The second-order valence-electron chi connectivity index (χ2n) is 3.11. The Balaban J connectivity index is 2.84. The Bertz CT molecular complexity index is 414. The minimum absolute atomic E-state index is 0.172. The number of benzene rings is 1. The third-order valence-electron chi connectivity index (χ3n) is 1.78. The van der Waals surface area contributed by atoms with Crippen molar-refractivity contribution in [3.63, 3.8) is 0 Å². The second-order valence-corrected chi connectivity index (χ2v) is 3.98. The number of amides is 1. The van der Waals surface area contributed by atoms with Crippen LogP contribution >= 0.6 is 23.2 Å². The van der Waals surface area contributed by atoms with Gasteiger partial charge in [-0.2, -0.15) is 0 Å². The zero-order valence-corrected chi connectivity index (χ0v) is 9.88. The number of ether oxygens (including phenoxy) is 1. The molecule has 0 unspecified atom stereocenters. The van der Waals surface area contributed by atoms with E-state index in [-0.39, 0.29) is 5.56 Å². The van der Waals surface area contributed by atoms with Crippen LogP contribution in [0.4, 0.5) is 0 Å². The lowest BCUT2D eigenvalue weighted by atomic mass is 10.2. The van der Waals surface area contributed by atoms with Gasteiger partial charge in [-0.3, -0.25) is 4.79 Å². The minimum Gasteiger partial charge on any atom is -0.449 e. The Kier molecular flexibility index (Phi) is 4.15. The molecule has 0 heterocycles. The molecule has 1 aromatic carbocycles. The number of carbonyl (C=O) groups excluding carboxylic acids is 2. The number of hydrogen-bond donors (Lipinski definition) is 1. The Hall–Kier alpha value is -1.26. The Morgan fingerprint density at radius 1 is 1.25 bits per heavy atom. The Labute approximate surface area is 102 Å². The highest BCUT2D eigenvalue weighted by Gasteiger charge is 2.16. The molecule has 6 heteroatoms. The van der Waals surface area contributed by atoms with E-state index < -0.39 is 18.0 Å². The third kappa shape index (κ3) is 3.40. The first-order chi connectivity index (χ1) is 7.40. The molecule has 1 aromatic rings. The summed E-state index contributed by atoms with van der Waals surface area (Å²) in [4.78, 5) is 22.2. The fourth-order valence-electron chi connectivity index (χ4n) is 0.958. The van der Waals surface area contributed by atoms with E-state index in [2.05, 4.69) is 0 Å². The van der Waals surface area contributed by atoms with Gasteiger partial charge in [0.15, 0.2) is 6.10 Å². The molecule has 0 aliphatic heterocycles. The van der Waals surface area contributed by atoms with Gasteiger partial charge in [-0.1, -0.05) is 23.2 Å². The number of carbonyl (C=O) groups is 2. The molecule has 1 rings (SSSR count). The molecule has 0 spiro atoms. The molecule has 0 fully saturated rings. The van der Waals surface area contributed by atoms with E-state index in [9.17, 15) is 9.59 Å².